The van der Waals surface area contributed by atoms with Gasteiger partial charge in [-0.25, -0.2) is 4.79 Å². The van der Waals surface area contributed by atoms with E-state index >= 15 is 0 Å². The van der Waals surface area contributed by atoms with Crippen LogP contribution in [0.3, 0.4) is 0 Å². The van der Waals surface area contributed by atoms with Crippen molar-refractivity contribution in [1.29, 1.82) is 5.26 Å². The van der Waals surface area contributed by atoms with Crippen molar-refractivity contribution in [1.82, 2.24) is 0 Å². The molecule has 4 aromatic rings. The van der Waals surface area contributed by atoms with Crippen molar-refractivity contribution >= 4 is 5.97 Å². The van der Waals surface area contributed by atoms with Crippen LogP contribution in [0.5, 0.6) is 11.5 Å². The predicted octanol–water partition coefficient (Wildman–Crippen LogP) is 11.2. The number of hydrogen-bond donors (Lipinski definition) is 0. The van der Waals surface area contributed by atoms with Gasteiger partial charge in [0.1, 0.15) is 11.5 Å². The molecule has 246 valence electrons. The fourth-order valence-corrected chi connectivity index (χ4v) is 5.45. The van der Waals surface area contributed by atoms with Gasteiger partial charge in [0, 0.05) is 0 Å². The van der Waals surface area contributed by atoms with Crippen LogP contribution in [0.4, 0.5) is 0 Å². The number of rotatable bonds is 21. The molecule has 0 aliphatic rings. The van der Waals surface area contributed by atoms with E-state index in [1.54, 1.807) is 0 Å². The second kappa shape index (κ2) is 20.5. The summed E-state index contributed by atoms with van der Waals surface area (Å²) in [5, 5.41) is 8.96. The van der Waals surface area contributed by atoms with E-state index in [4.69, 9.17) is 19.5 Å². The number of carbonyl (C=O) groups excluding carboxylic acids is 1. The maximum Gasteiger partial charge on any atom is 0.338 e. The van der Waals surface area contributed by atoms with Gasteiger partial charge in [0.05, 0.1) is 37.0 Å². The van der Waals surface area contributed by atoms with E-state index in [0.29, 0.717) is 24.3 Å². The molecule has 0 saturated carbocycles. The van der Waals surface area contributed by atoms with Crippen molar-refractivity contribution in [3.05, 3.63) is 108 Å². The SMILES string of the molecule is CCCCCCCCOc1ccc(-c2ccc(C(=O)OCCCCCCCCOc3ccc(-c4ccc(C#N)cc4)cc3)cc2)cc1. The fraction of sp³-hybridized carbons (Fsp3) is 0.381. The Balaban J connectivity index is 1.02. The number of carbonyl (C=O) groups is 1. The highest BCUT2D eigenvalue weighted by Gasteiger charge is 2.08. The van der Waals surface area contributed by atoms with Crippen LogP contribution in [-0.4, -0.2) is 25.8 Å². The summed E-state index contributed by atoms with van der Waals surface area (Å²) in [6.45, 7) is 4.15. The molecule has 4 aromatic carbocycles. The van der Waals surface area contributed by atoms with Crippen molar-refractivity contribution in [2.45, 2.75) is 84.0 Å². The standard InChI is InChI=1S/C42H49NO4/c1-2-3-4-5-8-11-30-45-41-28-24-38(25-29-41)36-18-20-39(21-19-36)42(44)47-32-13-10-7-6-9-12-31-46-40-26-22-37(23-27-40)35-16-14-34(33-43)15-17-35/h14-29H,2-13,30-32H2,1H3. The molecule has 5 nitrogen and oxygen atoms in total. The van der Waals surface area contributed by atoms with E-state index in [-0.39, 0.29) is 5.97 Å². The van der Waals surface area contributed by atoms with Crippen molar-refractivity contribution in [3.8, 4) is 39.8 Å². The number of benzene rings is 4. The van der Waals surface area contributed by atoms with Crippen molar-refractivity contribution in [2.24, 2.45) is 0 Å². The lowest BCUT2D eigenvalue weighted by molar-refractivity contribution is 0.0497. The number of hydrogen-bond acceptors (Lipinski definition) is 5. The molecule has 0 unspecified atom stereocenters. The Bertz CT molecular complexity index is 1490. The van der Waals surface area contributed by atoms with Crippen molar-refractivity contribution < 1.29 is 19.0 Å². The Morgan fingerprint density at radius 2 is 0.894 bits per heavy atom. The van der Waals surface area contributed by atoms with Gasteiger partial charge in [-0.2, -0.15) is 5.26 Å². The first-order chi connectivity index (χ1) is 23.2. The van der Waals surface area contributed by atoms with Gasteiger partial charge in [0.2, 0.25) is 0 Å². The van der Waals surface area contributed by atoms with Gasteiger partial charge in [-0.1, -0.05) is 113 Å². The summed E-state index contributed by atoms with van der Waals surface area (Å²) >= 11 is 0. The molecule has 0 bridgehead atoms. The number of nitrogens with zero attached hydrogens (tertiary/aromatic N) is 1. The quantitative estimate of drug-likeness (QED) is 0.0676. The molecule has 0 aliphatic carbocycles. The smallest absolute Gasteiger partial charge is 0.338 e. The maximum absolute atomic E-state index is 12.5. The maximum atomic E-state index is 12.5. The van der Waals surface area contributed by atoms with Gasteiger partial charge in [-0.05, 0) is 90.0 Å². The van der Waals surface area contributed by atoms with Crippen LogP contribution in [0, 0.1) is 11.3 Å². The van der Waals surface area contributed by atoms with E-state index in [0.717, 1.165) is 85.3 Å². The molecule has 0 atom stereocenters. The highest BCUT2D eigenvalue weighted by atomic mass is 16.5. The van der Waals surface area contributed by atoms with Gasteiger partial charge in [-0.3, -0.25) is 0 Å². The number of ether oxygens (including phenoxy) is 3. The number of esters is 1. The summed E-state index contributed by atoms with van der Waals surface area (Å²) < 4.78 is 17.3. The summed E-state index contributed by atoms with van der Waals surface area (Å²) in [5.74, 6) is 1.50. The lowest BCUT2D eigenvalue weighted by Crippen LogP contribution is -2.06. The first kappa shape index (κ1) is 35.3. The molecule has 0 heterocycles. The number of unbranched alkanes of at least 4 members (excludes halogenated alkanes) is 10. The Hall–Kier alpha value is -4.56. The molecule has 0 saturated heterocycles. The summed E-state index contributed by atoms with van der Waals surface area (Å²) in [7, 11) is 0. The Morgan fingerprint density at radius 3 is 1.34 bits per heavy atom. The minimum absolute atomic E-state index is 0.267. The fourth-order valence-electron chi connectivity index (χ4n) is 5.45. The normalized spacial score (nSPS) is 10.7. The van der Waals surface area contributed by atoms with Gasteiger partial charge >= 0.3 is 5.97 Å². The molecule has 0 amide bonds. The van der Waals surface area contributed by atoms with Crippen LogP contribution in [0.1, 0.15) is 99.9 Å². The van der Waals surface area contributed by atoms with Crippen molar-refractivity contribution in [2.75, 3.05) is 19.8 Å². The van der Waals surface area contributed by atoms with Crippen molar-refractivity contribution in [3.63, 3.8) is 0 Å². The highest BCUT2D eigenvalue weighted by molar-refractivity contribution is 5.90. The summed E-state index contributed by atoms with van der Waals surface area (Å²) in [5.41, 5.74) is 5.59. The summed E-state index contributed by atoms with van der Waals surface area (Å²) in [4.78, 5) is 12.5. The zero-order chi connectivity index (χ0) is 32.9. The zero-order valence-corrected chi connectivity index (χ0v) is 27.9. The van der Waals surface area contributed by atoms with Gasteiger partial charge in [-0.15, -0.1) is 0 Å². The lowest BCUT2D eigenvalue weighted by atomic mass is 10.0. The Morgan fingerprint density at radius 1 is 0.511 bits per heavy atom. The monoisotopic (exact) mass is 631 g/mol. The molecule has 0 aromatic heterocycles. The van der Waals surface area contributed by atoms with Crippen LogP contribution in [0.15, 0.2) is 97.1 Å². The van der Waals surface area contributed by atoms with Crippen LogP contribution >= 0.6 is 0 Å². The Labute approximate surface area is 281 Å². The largest absolute Gasteiger partial charge is 0.494 e. The minimum Gasteiger partial charge on any atom is -0.494 e. The molecule has 0 spiro atoms. The molecule has 4 rings (SSSR count). The molecule has 0 aliphatic heterocycles. The third-order valence-corrected chi connectivity index (χ3v) is 8.32. The zero-order valence-electron chi connectivity index (χ0n) is 27.9. The molecule has 0 radical (unpaired) electrons. The van der Waals surface area contributed by atoms with Gasteiger partial charge in [0.15, 0.2) is 0 Å². The Kier molecular flexibility index (Phi) is 15.4. The average Bonchev–Trinajstić information content (AvgIpc) is 3.12. The van der Waals surface area contributed by atoms with Gasteiger partial charge < -0.3 is 14.2 Å². The number of nitriles is 1. The predicted molar refractivity (Wildman–Crippen MR) is 191 cm³/mol. The first-order valence-electron chi connectivity index (χ1n) is 17.4. The van der Waals surface area contributed by atoms with E-state index in [1.165, 1.54) is 32.1 Å². The molecule has 0 fully saturated rings. The van der Waals surface area contributed by atoms with E-state index in [2.05, 4.69) is 25.1 Å². The van der Waals surface area contributed by atoms with Gasteiger partial charge in [0.25, 0.3) is 0 Å². The van der Waals surface area contributed by atoms with Crippen LogP contribution in [0.25, 0.3) is 22.3 Å². The molecule has 47 heavy (non-hydrogen) atoms. The molecule has 0 N–H and O–H groups in total. The second-order valence-electron chi connectivity index (χ2n) is 12.0. The average molecular weight is 632 g/mol. The second-order valence-corrected chi connectivity index (χ2v) is 12.0. The van der Waals surface area contributed by atoms with Crippen LogP contribution < -0.4 is 9.47 Å². The van der Waals surface area contributed by atoms with Crippen LogP contribution in [0.2, 0.25) is 0 Å². The molecular weight excluding hydrogens is 582 g/mol. The highest BCUT2D eigenvalue weighted by Crippen LogP contribution is 2.25. The van der Waals surface area contributed by atoms with E-state index in [9.17, 15) is 4.79 Å². The topological polar surface area (TPSA) is 68.6 Å². The first-order valence-corrected chi connectivity index (χ1v) is 17.4. The molecule has 5 heteroatoms. The lowest BCUT2D eigenvalue weighted by Gasteiger charge is -2.09. The van der Waals surface area contributed by atoms with Crippen LogP contribution in [-0.2, 0) is 4.74 Å². The minimum atomic E-state index is -0.267. The van der Waals surface area contributed by atoms with E-state index in [1.807, 2.05) is 84.9 Å². The summed E-state index contributed by atoms with van der Waals surface area (Å²) in [6.07, 6.45) is 13.8. The third-order valence-electron chi connectivity index (χ3n) is 8.32. The van der Waals surface area contributed by atoms with E-state index < -0.39 is 0 Å². The summed E-state index contributed by atoms with van der Waals surface area (Å²) in [6, 6.07) is 33.6. The molecular formula is C42H49NO4. The third kappa shape index (κ3) is 12.6.